The van der Waals surface area contributed by atoms with Crippen LogP contribution in [0.2, 0.25) is 0 Å². The fraction of sp³-hybridized carbons (Fsp3) is 0.545. The average Bonchev–Trinajstić information content (AvgIpc) is 3.15. The molecule has 4 nitrogen and oxygen atoms in total. The Morgan fingerprint density at radius 3 is 2.70 bits per heavy atom. The Bertz CT molecular complexity index is 773. The van der Waals surface area contributed by atoms with Crippen LogP contribution >= 0.6 is 11.3 Å². The molecule has 1 N–H and O–H groups in total. The van der Waals surface area contributed by atoms with Crippen molar-refractivity contribution in [3.63, 3.8) is 0 Å². The molecule has 2 atom stereocenters. The van der Waals surface area contributed by atoms with Gasteiger partial charge in [-0.1, -0.05) is 27.2 Å². The second-order valence-electron chi connectivity index (χ2n) is 7.71. The molecule has 0 bridgehead atoms. The first kappa shape index (κ1) is 19.9. The third-order valence-corrected chi connectivity index (χ3v) is 6.26. The minimum absolute atomic E-state index is 0.163. The molecule has 0 spiro atoms. The fourth-order valence-corrected chi connectivity index (χ4v) is 4.81. The Morgan fingerprint density at radius 1 is 1.33 bits per heavy atom. The zero-order chi connectivity index (χ0) is 19.6. The van der Waals surface area contributed by atoms with Crippen LogP contribution in [-0.2, 0) is 14.3 Å². The van der Waals surface area contributed by atoms with Crippen molar-refractivity contribution >= 4 is 23.1 Å². The van der Waals surface area contributed by atoms with Crippen LogP contribution in [0, 0.1) is 11.8 Å². The van der Waals surface area contributed by atoms with Gasteiger partial charge in [0, 0.05) is 29.3 Å². The third kappa shape index (κ3) is 3.88. The quantitative estimate of drug-likeness (QED) is 0.702. The summed E-state index contributed by atoms with van der Waals surface area (Å²) in [5.74, 6) is 0.341. The van der Waals surface area contributed by atoms with Crippen LogP contribution in [0.25, 0.3) is 0 Å². The number of rotatable bonds is 6. The zero-order valence-electron chi connectivity index (χ0n) is 16.6. The van der Waals surface area contributed by atoms with Gasteiger partial charge in [-0.2, -0.15) is 11.3 Å². The smallest absolute Gasteiger partial charge is 0.336 e. The summed E-state index contributed by atoms with van der Waals surface area (Å²) in [5.41, 5.74) is 4.34. The molecular formula is C22H29NO3S. The van der Waals surface area contributed by atoms with Crippen LogP contribution in [0.3, 0.4) is 0 Å². The van der Waals surface area contributed by atoms with Crippen LogP contribution < -0.4 is 5.32 Å². The molecule has 5 heteroatoms. The van der Waals surface area contributed by atoms with Gasteiger partial charge in [0.1, 0.15) is 0 Å². The number of hydrogen-bond acceptors (Lipinski definition) is 5. The second-order valence-corrected chi connectivity index (χ2v) is 8.49. The molecule has 0 aromatic carbocycles. The Morgan fingerprint density at radius 2 is 2.11 bits per heavy atom. The number of allylic oxidation sites excluding steroid dienone is 3. The number of nitrogens with one attached hydrogen (secondary N) is 1. The Labute approximate surface area is 165 Å². The number of thiophene rings is 1. The number of carbonyl (C=O) groups excluding carboxylic acids is 2. The lowest BCUT2D eigenvalue weighted by Gasteiger charge is -2.38. The van der Waals surface area contributed by atoms with E-state index in [0.29, 0.717) is 30.4 Å². The van der Waals surface area contributed by atoms with Crippen LogP contribution in [0.4, 0.5) is 0 Å². The monoisotopic (exact) mass is 387 g/mol. The van der Waals surface area contributed by atoms with E-state index < -0.39 is 0 Å². The van der Waals surface area contributed by atoms with Crippen molar-refractivity contribution in [3.05, 3.63) is 44.9 Å². The van der Waals surface area contributed by atoms with E-state index >= 15 is 0 Å². The Balaban J connectivity index is 2.13. The van der Waals surface area contributed by atoms with Crippen molar-refractivity contribution in [3.8, 4) is 0 Å². The largest absolute Gasteiger partial charge is 0.463 e. The van der Waals surface area contributed by atoms with Gasteiger partial charge in [-0.15, -0.1) is 0 Å². The van der Waals surface area contributed by atoms with Gasteiger partial charge in [-0.3, -0.25) is 4.79 Å². The van der Waals surface area contributed by atoms with E-state index in [2.05, 4.69) is 26.1 Å². The summed E-state index contributed by atoms with van der Waals surface area (Å²) < 4.78 is 5.39. The molecule has 0 fully saturated rings. The maximum absolute atomic E-state index is 13.2. The molecule has 1 aromatic heterocycles. The fourth-order valence-electron chi connectivity index (χ4n) is 4.12. The standard InChI is InChI=1S/C22H29NO3S/c1-5-7-16-21(22(25)26-6-2)19(14-8-9-27-12-14)20-17(23-16)10-15(13(3)4)11-18(20)24/h8-9,12-13,15,19,23H,5-7,10-11H2,1-4H3. The third-order valence-electron chi connectivity index (χ3n) is 5.56. The Kier molecular flexibility index (Phi) is 6.20. The van der Waals surface area contributed by atoms with Crippen LogP contribution in [0.5, 0.6) is 0 Å². The van der Waals surface area contributed by atoms with Gasteiger partial charge < -0.3 is 10.1 Å². The molecular weight excluding hydrogens is 358 g/mol. The van der Waals surface area contributed by atoms with Crippen molar-refractivity contribution in [2.75, 3.05) is 6.61 Å². The van der Waals surface area contributed by atoms with Gasteiger partial charge >= 0.3 is 5.97 Å². The number of dihydropyridines is 1. The van der Waals surface area contributed by atoms with Gasteiger partial charge in [0.15, 0.2) is 5.78 Å². The predicted octanol–water partition coefficient (Wildman–Crippen LogP) is 4.94. The molecule has 0 saturated carbocycles. The van der Waals surface area contributed by atoms with Crippen LogP contribution in [-0.4, -0.2) is 18.4 Å². The number of ether oxygens (including phenoxy) is 1. The minimum atomic E-state index is -0.311. The number of Topliss-reactive ketones (excluding diaryl/α,β-unsaturated/α-hetero) is 1. The number of hydrogen-bond donors (Lipinski definition) is 1. The molecule has 1 aliphatic heterocycles. The second kappa shape index (κ2) is 8.42. The zero-order valence-corrected chi connectivity index (χ0v) is 17.4. The van der Waals surface area contributed by atoms with Gasteiger partial charge in [0.2, 0.25) is 0 Å². The van der Waals surface area contributed by atoms with Gasteiger partial charge in [-0.25, -0.2) is 4.79 Å². The van der Waals surface area contributed by atoms with E-state index in [0.717, 1.165) is 41.8 Å². The number of esters is 1. The summed E-state index contributed by atoms with van der Waals surface area (Å²) in [7, 11) is 0. The minimum Gasteiger partial charge on any atom is -0.463 e. The summed E-state index contributed by atoms with van der Waals surface area (Å²) in [4.78, 5) is 26.1. The summed E-state index contributed by atoms with van der Waals surface area (Å²) in [5, 5.41) is 7.54. The van der Waals surface area contributed by atoms with Crippen molar-refractivity contribution < 1.29 is 14.3 Å². The molecule has 2 aliphatic rings. The molecule has 1 aliphatic carbocycles. The van der Waals surface area contributed by atoms with E-state index in [1.807, 2.05) is 23.8 Å². The van der Waals surface area contributed by atoms with Gasteiger partial charge in [0.25, 0.3) is 0 Å². The summed E-state index contributed by atoms with van der Waals surface area (Å²) in [6.07, 6.45) is 3.11. The van der Waals surface area contributed by atoms with E-state index in [9.17, 15) is 9.59 Å². The van der Waals surface area contributed by atoms with E-state index in [4.69, 9.17) is 4.74 Å². The van der Waals surface area contributed by atoms with Crippen LogP contribution in [0.1, 0.15) is 64.9 Å². The molecule has 2 heterocycles. The topological polar surface area (TPSA) is 55.4 Å². The average molecular weight is 388 g/mol. The summed E-state index contributed by atoms with van der Waals surface area (Å²) >= 11 is 1.59. The number of carbonyl (C=O) groups is 2. The van der Waals surface area contributed by atoms with E-state index in [1.54, 1.807) is 11.3 Å². The highest BCUT2D eigenvalue weighted by Gasteiger charge is 2.42. The maximum atomic E-state index is 13.2. The molecule has 1 aromatic rings. The maximum Gasteiger partial charge on any atom is 0.336 e. The molecule has 0 amide bonds. The molecule has 146 valence electrons. The molecule has 0 saturated heterocycles. The summed E-state index contributed by atoms with van der Waals surface area (Å²) in [6, 6.07) is 2.02. The van der Waals surface area contributed by atoms with Gasteiger partial charge in [0.05, 0.1) is 12.2 Å². The van der Waals surface area contributed by atoms with Crippen molar-refractivity contribution in [1.82, 2.24) is 5.32 Å². The summed E-state index contributed by atoms with van der Waals surface area (Å²) in [6.45, 7) is 8.60. The highest BCUT2D eigenvalue weighted by molar-refractivity contribution is 7.08. The van der Waals surface area contributed by atoms with E-state index in [-0.39, 0.29) is 17.7 Å². The Hall–Kier alpha value is -1.88. The lowest BCUT2D eigenvalue weighted by molar-refractivity contribution is -0.138. The van der Waals surface area contributed by atoms with Crippen LogP contribution in [0.15, 0.2) is 39.4 Å². The van der Waals surface area contributed by atoms with E-state index in [1.165, 1.54) is 0 Å². The normalized spacial score (nSPS) is 22.8. The lowest BCUT2D eigenvalue weighted by atomic mass is 9.71. The number of ketones is 1. The predicted molar refractivity (Wildman–Crippen MR) is 108 cm³/mol. The first-order valence-corrected chi connectivity index (χ1v) is 10.9. The van der Waals surface area contributed by atoms with Crippen molar-refractivity contribution in [2.24, 2.45) is 11.8 Å². The highest BCUT2D eigenvalue weighted by Crippen LogP contribution is 2.45. The van der Waals surface area contributed by atoms with Gasteiger partial charge in [-0.05, 0) is 54.0 Å². The molecule has 3 rings (SSSR count). The molecule has 0 radical (unpaired) electrons. The molecule has 27 heavy (non-hydrogen) atoms. The first-order chi connectivity index (χ1) is 13.0. The lowest BCUT2D eigenvalue weighted by Crippen LogP contribution is -2.38. The van der Waals surface area contributed by atoms with Crippen molar-refractivity contribution in [1.29, 1.82) is 0 Å². The molecule has 2 unspecified atom stereocenters. The van der Waals surface area contributed by atoms with Crippen molar-refractivity contribution in [2.45, 2.75) is 59.3 Å². The first-order valence-electron chi connectivity index (χ1n) is 9.93. The SMILES string of the molecule is CCCC1=C(C(=O)OCC)C(c2ccsc2)C2=C(CC(C(C)C)CC2=O)N1. The highest BCUT2D eigenvalue weighted by atomic mass is 32.1.